The molecule has 0 radical (unpaired) electrons. The first-order valence-electron chi connectivity index (χ1n) is 9.38. The van der Waals surface area contributed by atoms with Gasteiger partial charge < -0.3 is 9.47 Å². The number of rotatable bonds is 5. The number of anilines is 1. The highest BCUT2D eigenvalue weighted by Gasteiger charge is 2.34. The number of benzene rings is 2. The summed E-state index contributed by atoms with van der Waals surface area (Å²) in [6.07, 6.45) is -0.598. The van der Waals surface area contributed by atoms with Crippen molar-refractivity contribution in [1.29, 1.82) is 0 Å². The topological polar surface area (TPSA) is 102 Å². The van der Waals surface area contributed by atoms with Crippen LogP contribution in [0.1, 0.15) is 51.8 Å². The number of fused-ring (bicyclic) bond motifs is 1. The van der Waals surface area contributed by atoms with Gasteiger partial charge in [-0.1, -0.05) is 12.1 Å². The number of amides is 3. The lowest BCUT2D eigenvalue weighted by Gasteiger charge is -2.19. The Morgan fingerprint density at radius 3 is 2.03 bits per heavy atom. The molecule has 0 fully saturated rings. The standard InChI is InChI=1S/C22H22N2O6/c1-22(2,3)30-21(28)23-15-10-8-14(9-11-15)20(27)29-13-12-24-18(25)16-6-4-5-7-17(16)19(24)26/h4-11H,12-13H2,1-3H3,(H,23,28). The molecule has 30 heavy (non-hydrogen) atoms. The van der Waals surface area contributed by atoms with E-state index in [0.717, 1.165) is 4.90 Å². The Hall–Kier alpha value is -3.68. The third-order valence-corrected chi connectivity index (χ3v) is 4.19. The molecule has 0 aromatic heterocycles. The van der Waals surface area contributed by atoms with Crippen LogP contribution in [0.2, 0.25) is 0 Å². The lowest BCUT2D eigenvalue weighted by Crippen LogP contribution is -2.33. The van der Waals surface area contributed by atoms with E-state index in [2.05, 4.69) is 5.32 Å². The largest absolute Gasteiger partial charge is 0.460 e. The summed E-state index contributed by atoms with van der Waals surface area (Å²) in [4.78, 5) is 49.6. The number of carbonyl (C=O) groups is 4. The molecule has 1 aliphatic rings. The van der Waals surface area contributed by atoms with Gasteiger partial charge in [0.25, 0.3) is 11.8 Å². The smallest absolute Gasteiger partial charge is 0.412 e. The summed E-state index contributed by atoms with van der Waals surface area (Å²) < 4.78 is 10.3. The summed E-state index contributed by atoms with van der Waals surface area (Å²) in [7, 11) is 0. The first kappa shape index (κ1) is 21.0. The minimum atomic E-state index is -0.618. The van der Waals surface area contributed by atoms with Crippen LogP contribution in [0.4, 0.5) is 10.5 Å². The van der Waals surface area contributed by atoms with Gasteiger partial charge in [-0.25, -0.2) is 9.59 Å². The van der Waals surface area contributed by atoms with E-state index in [1.165, 1.54) is 12.1 Å². The second-order valence-corrected chi connectivity index (χ2v) is 7.65. The van der Waals surface area contributed by atoms with Crippen molar-refractivity contribution in [1.82, 2.24) is 4.90 Å². The van der Waals surface area contributed by atoms with Crippen LogP contribution in [0.25, 0.3) is 0 Å². The maximum Gasteiger partial charge on any atom is 0.412 e. The molecule has 0 bridgehead atoms. The van der Waals surface area contributed by atoms with E-state index in [4.69, 9.17) is 9.47 Å². The van der Waals surface area contributed by atoms with Gasteiger partial charge in [0.1, 0.15) is 12.2 Å². The van der Waals surface area contributed by atoms with Crippen LogP contribution in [-0.4, -0.2) is 47.5 Å². The molecule has 2 aromatic rings. The Kier molecular flexibility index (Phi) is 5.86. The van der Waals surface area contributed by atoms with Gasteiger partial charge in [-0.15, -0.1) is 0 Å². The zero-order valence-corrected chi connectivity index (χ0v) is 16.9. The van der Waals surface area contributed by atoms with Crippen molar-refractivity contribution in [3.63, 3.8) is 0 Å². The normalized spacial score (nSPS) is 13.1. The van der Waals surface area contributed by atoms with Crippen molar-refractivity contribution in [2.24, 2.45) is 0 Å². The summed E-state index contributed by atoms with van der Waals surface area (Å²) in [5.41, 5.74) is 0.815. The second-order valence-electron chi connectivity index (χ2n) is 7.65. The van der Waals surface area contributed by atoms with Crippen molar-refractivity contribution in [2.45, 2.75) is 26.4 Å². The third kappa shape index (κ3) is 4.83. The predicted octanol–water partition coefficient (Wildman–Crippen LogP) is 3.49. The van der Waals surface area contributed by atoms with E-state index >= 15 is 0 Å². The summed E-state index contributed by atoms with van der Waals surface area (Å²) >= 11 is 0. The molecule has 1 heterocycles. The zero-order valence-electron chi connectivity index (χ0n) is 16.9. The summed E-state index contributed by atoms with van der Waals surface area (Å²) in [6.45, 7) is 5.12. The Balaban J connectivity index is 1.51. The minimum absolute atomic E-state index is 0.0314. The number of carbonyl (C=O) groups excluding carboxylic acids is 4. The highest BCUT2D eigenvalue weighted by atomic mass is 16.6. The molecule has 8 heteroatoms. The molecule has 0 saturated heterocycles. The lowest BCUT2D eigenvalue weighted by molar-refractivity contribution is 0.0420. The van der Waals surface area contributed by atoms with Crippen molar-refractivity contribution in [3.8, 4) is 0 Å². The second kappa shape index (κ2) is 8.36. The Bertz CT molecular complexity index is 956. The Morgan fingerprint density at radius 2 is 1.50 bits per heavy atom. The minimum Gasteiger partial charge on any atom is -0.460 e. The average molecular weight is 410 g/mol. The van der Waals surface area contributed by atoms with Crippen LogP contribution in [0.5, 0.6) is 0 Å². The van der Waals surface area contributed by atoms with Gasteiger partial charge >= 0.3 is 12.1 Å². The van der Waals surface area contributed by atoms with Crippen molar-refractivity contribution < 1.29 is 28.7 Å². The average Bonchev–Trinajstić information content (AvgIpc) is 2.92. The fourth-order valence-electron chi connectivity index (χ4n) is 2.87. The van der Waals surface area contributed by atoms with Crippen LogP contribution in [0.15, 0.2) is 48.5 Å². The molecule has 0 spiro atoms. The van der Waals surface area contributed by atoms with Crippen molar-refractivity contribution in [3.05, 3.63) is 65.2 Å². The predicted molar refractivity (Wildman–Crippen MR) is 108 cm³/mol. The van der Waals surface area contributed by atoms with Crippen LogP contribution in [-0.2, 0) is 9.47 Å². The quantitative estimate of drug-likeness (QED) is 0.598. The number of hydrogen-bond donors (Lipinski definition) is 1. The van der Waals surface area contributed by atoms with Crippen LogP contribution < -0.4 is 5.32 Å². The van der Waals surface area contributed by atoms with E-state index in [-0.39, 0.29) is 18.7 Å². The molecule has 2 aromatic carbocycles. The van der Waals surface area contributed by atoms with Crippen LogP contribution >= 0.6 is 0 Å². The first-order chi connectivity index (χ1) is 14.2. The van der Waals surface area contributed by atoms with Gasteiger partial charge in [0.2, 0.25) is 0 Å². The summed E-state index contributed by atoms with van der Waals surface area (Å²) in [5, 5.41) is 2.57. The molecule has 0 aliphatic carbocycles. The van der Waals surface area contributed by atoms with Gasteiger partial charge in [-0.3, -0.25) is 19.8 Å². The molecule has 3 rings (SSSR count). The summed E-state index contributed by atoms with van der Waals surface area (Å²) in [6, 6.07) is 12.6. The van der Waals surface area contributed by atoms with Gasteiger partial charge in [-0.2, -0.15) is 0 Å². The monoisotopic (exact) mass is 410 g/mol. The number of hydrogen-bond acceptors (Lipinski definition) is 6. The van der Waals surface area contributed by atoms with E-state index in [1.807, 2.05) is 0 Å². The van der Waals surface area contributed by atoms with E-state index in [1.54, 1.807) is 57.2 Å². The number of ether oxygens (including phenoxy) is 2. The number of nitrogens with one attached hydrogen (secondary N) is 1. The Labute approximate surface area is 173 Å². The van der Waals surface area contributed by atoms with Crippen LogP contribution in [0, 0.1) is 0 Å². The fourth-order valence-corrected chi connectivity index (χ4v) is 2.87. The molecular weight excluding hydrogens is 388 g/mol. The molecule has 0 saturated carbocycles. The molecule has 0 unspecified atom stereocenters. The van der Waals surface area contributed by atoms with E-state index in [9.17, 15) is 19.2 Å². The molecular formula is C22H22N2O6. The number of nitrogens with zero attached hydrogens (tertiary/aromatic N) is 1. The van der Waals surface area contributed by atoms with E-state index < -0.39 is 29.5 Å². The Morgan fingerprint density at radius 1 is 0.933 bits per heavy atom. The molecule has 0 atom stereocenters. The van der Waals surface area contributed by atoms with Gasteiger partial charge in [0.15, 0.2) is 0 Å². The molecule has 1 aliphatic heterocycles. The van der Waals surface area contributed by atoms with E-state index in [0.29, 0.717) is 16.8 Å². The van der Waals surface area contributed by atoms with Crippen molar-refractivity contribution in [2.75, 3.05) is 18.5 Å². The highest BCUT2D eigenvalue weighted by molar-refractivity contribution is 6.21. The van der Waals surface area contributed by atoms with Crippen molar-refractivity contribution >= 4 is 29.6 Å². The molecule has 3 amide bonds. The lowest BCUT2D eigenvalue weighted by atomic mass is 10.1. The third-order valence-electron chi connectivity index (χ3n) is 4.19. The molecule has 1 N–H and O–H groups in total. The number of imide groups is 1. The molecule has 8 nitrogen and oxygen atoms in total. The first-order valence-corrected chi connectivity index (χ1v) is 9.38. The fraction of sp³-hybridized carbons (Fsp3) is 0.273. The maximum absolute atomic E-state index is 12.3. The SMILES string of the molecule is CC(C)(C)OC(=O)Nc1ccc(C(=O)OCCN2C(=O)c3ccccc3C2=O)cc1. The maximum atomic E-state index is 12.3. The summed E-state index contributed by atoms with van der Waals surface area (Å²) in [5.74, 6) is -1.40. The highest BCUT2D eigenvalue weighted by Crippen LogP contribution is 2.22. The molecule has 156 valence electrons. The van der Waals surface area contributed by atoms with Crippen LogP contribution in [0.3, 0.4) is 0 Å². The van der Waals surface area contributed by atoms with Gasteiger partial charge in [-0.05, 0) is 57.2 Å². The zero-order chi connectivity index (χ0) is 21.9. The van der Waals surface area contributed by atoms with Gasteiger partial charge in [0.05, 0.1) is 23.2 Å². The number of esters is 1. The van der Waals surface area contributed by atoms with Gasteiger partial charge in [0, 0.05) is 5.69 Å².